The third-order valence-corrected chi connectivity index (χ3v) is 8.27. The number of nitrogens with two attached hydrogens (primary N) is 1. The number of amides is 1. The molecule has 0 aromatic heterocycles. The van der Waals surface area contributed by atoms with Crippen molar-refractivity contribution in [2.45, 2.75) is 37.6 Å². The Balaban J connectivity index is 1.23. The average molecular weight is 537 g/mol. The number of rotatable bonds is 6. The Hall–Kier alpha value is -3.94. The predicted octanol–water partition coefficient (Wildman–Crippen LogP) is 4.13. The number of allylic oxidation sites excluding steroid dienone is 5. The zero-order valence-electron chi connectivity index (χ0n) is 22.7. The summed E-state index contributed by atoms with van der Waals surface area (Å²) in [6, 6.07) is 18.2. The number of hydrogen-bond donors (Lipinski definition) is 2. The molecule has 3 N–H and O–H groups in total. The van der Waals surface area contributed by atoms with Crippen LogP contribution < -0.4 is 5.73 Å². The van der Waals surface area contributed by atoms with Gasteiger partial charge in [-0.2, -0.15) is 0 Å². The van der Waals surface area contributed by atoms with Crippen LogP contribution in [-0.2, 0) is 21.6 Å². The van der Waals surface area contributed by atoms with Crippen molar-refractivity contribution in [3.05, 3.63) is 113 Å². The van der Waals surface area contributed by atoms with Gasteiger partial charge in [0, 0.05) is 19.6 Å². The lowest BCUT2D eigenvalue weighted by molar-refractivity contribution is -0.137. The topological polar surface area (TPSA) is 91.4 Å². The monoisotopic (exact) mass is 536 g/mol. The summed E-state index contributed by atoms with van der Waals surface area (Å²) in [6.07, 6.45) is 14.0. The zero-order chi connectivity index (χ0) is 27.5. The number of aliphatic hydroxyl groups excluding tert-OH is 1. The number of carbonyl (C=O) groups excluding carboxylic acids is 1. The SMILES string of the molecule is NC1=NC(C2=CCCC=C2)(c2ccccc2)C(O)N1Cc1cccc(C2=CC=CC(C(=O)N3CCOCC3)C2)c1. The molecule has 6 rings (SSSR count). The molecule has 2 aliphatic heterocycles. The molecule has 206 valence electrons. The van der Waals surface area contributed by atoms with Gasteiger partial charge in [0.25, 0.3) is 0 Å². The molecule has 40 heavy (non-hydrogen) atoms. The standard InChI is InChI=1S/C33H36N4O3/c34-32-35-33(28-13-3-1-4-14-28,29-15-5-2-6-16-29)31(39)37(32)23-24-9-7-10-25(21-24)26-11-8-12-27(22-26)30(38)36-17-19-40-20-18-36/h1,3-5,7-16,21,27,31,39H,2,6,17-20,22-23H2,(H2,34,35). The van der Waals surface area contributed by atoms with E-state index in [0.29, 0.717) is 45.2 Å². The lowest BCUT2D eigenvalue weighted by atomic mass is 9.79. The first kappa shape index (κ1) is 26.3. The van der Waals surface area contributed by atoms with Gasteiger partial charge < -0.3 is 25.4 Å². The van der Waals surface area contributed by atoms with Crippen LogP contribution in [0.15, 0.2) is 102 Å². The van der Waals surface area contributed by atoms with Crippen LogP contribution in [0.5, 0.6) is 0 Å². The number of guanidine groups is 1. The van der Waals surface area contributed by atoms with Crippen molar-refractivity contribution in [3.63, 3.8) is 0 Å². The van der Waals surface area contributed by atoms with Crippen LogP contribution in [0.3, 0.4) is 0 Å². The van der Waals surface area contributed by atoms with Crippen molar-refractivity contribution < 1.29 is 14.6 Å². The Morgan fingerprint density at radius 3 is 2.70 bits per heavy atom. The van der Waals surface area contributed by atoms with Crippen LogP contribution >= 0.6 is 0 Å². The Kier molecular flexibility index (Phi) is 7.41. The van der Waals surface area contributed by atoms with E-state index < -0.39 is 11.8 Å². The summed E-state index contributed by atoms with van der Waals surface area (Å²) < 4.78 is 5.41. The number of carbonyl (C=O) groups is 1. The molecule has 0 radical (unpaired) electrons. The van der Waals surface area contributed by atoms with Crippen molar-refractivity contribution in [2.24, 2.45) is 16.6 Å². The molecule has 0 bridgehead atoms. The van der Waals surface area contributed by atoms with Gasteiger partial charge in [0.1, 0.15) is 0 Å². The first-order valence-corrected chi connectivity index (χ1v) is 14.1. The lowest BCUT2D eigenvalue weighted by Crippen LogP contribution is -2.47. The fraction of sp³-hybridized carbons (Fsp3) is 0.333. The van der Waals surface area contributed by atoms with E-state index in [1.54, 1.807) is 4.90 Å². The number of benzene rings is 2. The van der Waals surface area contributed by atoms with E-state index in [4.69, 9.17) is 15.5 Å². The van der Waals surface area contributed by atoms with Crippen LogP contribution in [-0.4, -0.2) is 59.3 Å². The van der Waals surface area contributed by atoms with Crippen molar-refractivity contribution in [1.29, 1.82) is 0 Å². The van der Waals surface area contributed by atoms with E-state index in [9.17, 15) is 9.90 Å². The first-order valence-electron chi connectivity index (χ1n) is 14.1. The van der Waals surface area contributed by atoms with Gasteiger partial charge in [-0.05, 0) is 53.2 Å². The number of hydrogen-bond acceptors (Lipinski definition) is 6. The highest BCUT2D eigenvalue weighted by Crippen LogP contribution is 2.44. The molecule has 2 aromatic carbocycles. The fourth-order valence-corrected chi connectivity index (χ4v) is 6.15. The highest BCUT2D eigenvalue weighted by molar-refractivity contribution is 5.85. The van der Waals surface area contributed by atoms with Crippen LogP contribution in [0.1, 0.15) is 36.0 Å². The Bertz CT molecular complexity index is 1400. The average Bonchev–Trinajstić information content (AvgIpc) is 3.28. The second-order valence-corrected chi connectivity index (χ2v) is 10.8. The van der Waals surface area contributed by atoms with E-state index in [-0.39, 0.29) is 11.8 Å². The Morgan fingerprint density at radius 2 is 1.93 bits per heavy atom. The van der Waals surface area contributed by atoms with Crippen molar-refractivity contribution in [2.75, 3.05) is 26.3 Å². The summed E-state index contributed by atoms with van der Waals surface area (Å²) in [5.74, 6) is 0.305. The minimum absolute atomic E-state index is 0.161. The van der Waals surface area contributed by atoms with Gasteiger partial charge in [0.2, 0.25) is 5.91 Å². The normalized spacial score (nSPS) is 26.4. The molecule has 1 amide bonds. The van der Waals surface area contributed by atoms with E-state index in [0.717, 1.165) is 40.7 Å². The van der Waals surface area contributed by atoms with Gasteiger partial charge in [0.15, 0.2) is 17.7 Å². The van der Waals surface area contributed by atoms with E-state index >= 15 is 0 Å². The summed E-state index contributed by atoms with van der Waals surface area (Å²) in [4.78, 5) is 21.8. The Labute approximate surface area is 235 Å². The molecule has 1 saturated heterocycles. The van der Waals surface area contributed by atoms with Crippen LogP contribution in [0, 0.1) is 5.92 Å². The van der Waals surface area contributed by atoms with Gasteiger partial charge >= 0.3 is 0 Å². The number of ether oxygens (including phenoxy) is 1. The maximum Gasteiger partial charge on any atom is 0.229 e. The molecule has 2 aromatic rings. The van der Waals surface area contributed by atoms with Crippen molar-refractivity contribution in [3.8, 4) is 0 Å². The maximum absolute atomic E-state index is 13.1. The Morgan fingerprint density at radius 1 is 1.10 bits per heavy atom. The molecule has 1 fully saturated rings. The van der Waals surface area contributed by atoms with E-state index in [1.807, 2.05) is 59.5 Å². The first-order chi connectivity index (χ1) is 19.6. The number of nitrogens with zero attached hydrogens (tertiary/aromatic N) is 3. The minimum Gasteiger partial charge on any atom is -0.378 e. The zero-order valence-corrected chi connectivity index (χ0v) is 22.7. The van der Waals surface area contributed by atoms with Gasteiger partial charge in [-0.15, -0.1) is 0 Å². The molecule has 2 heterocycles. The minimum atomic E-state index is -0.982. The second kappa shape index (κ2) is 11.3. The summed E-state index contributed by atoms with van der Waals surface area (Å²) in [5.41, 5.74) is 10.6. The molecule has 0 spiro atoms. The molecule has 4 aliphatic rings. The lowest BCUT2D eigenvalue weighted by Gasteiger charge is -2.36. The van der Waals surface area contributed by atoms with Crippen molar-refractivity contribution >= 4 is 17.4 Å². The third kappa shape index (κ3) is 4.91. The van der Waals surface area contributed by atoms with Crippen LogP contribution in [0.4, 0.5) is 0 Å². The molecule has 3 unspecified atom stereocenters. The molecular formula is C33H36N4O3. The smallest absolute Gasteiger partial charge is 0.229 e. The molecule has 3 atom stereocenters. The molecule has 7 nitrogen and oxygen atoms in total. The summed E-state index contributed by atoms with van der Waals surface area (Å²) in [7, 11) is 0. The molecule has 7 heteroatoms. The van der Waals surface area contributed by atoms with Gasteiger partial charge in [-0.25, -0.2) is 4.99 Å². The largest absolute Gasteiger partial charge is 0.378 e. The quantitative estimate of drug-likeness (QED) is 0.580. The van der Waals surface area contributed by atoms with Gasteiger partial charge in [-0.1, -0.05) is 85.0 Å². The summed E-state index contributed by atoms with van der Waals surface area (Å²) >= 11 is 0. The molecular weight excluding hydrogens is 500 g/mol. The second-order valence-electron chi connectivity index (χ2n) is 10.8. The highest BCUT2D eigenvalue weighted by atomic mass is 16.5. The molecule has 0 saturated carbocycles. The summed E-state index contributed by atoms with van der Waals surface area (Å²) in [6.45, 7) is 2.91. The number of aliphatic imine (C=N–C) groups is 1. The van der Waals surface area contributed by atoms with Crippen molar-refractivity contribution in [1.82, 2.24) is 9.80 Å². The van der Waals surface area contributed by atoms with E-state index in [2.05, 4.69) is 36.4 Å². The third-order valence-electron chi connectivity index (χ3n) is 8.27. The van der Waals surface area contributed by atoms with Gasteiger partial charge in [0.05, 0.1) is 19.1 Å². The van der Waals surface area contributed by atoms with E-state index in [1.165, 1.54) is 0 Å². The van der Waals surface area contributed by atoms with Crippen LogP contribution in [0.25, 0.3) is 5.57 Å². The fourth-order valence-electron chi connectivity index (χ4n) is 6.15. The maximum atomic E-state index is 13.1. The number of aliphatic hydroxyl groups is 1. The van der Waals surface area contributed by atoms with Crippen LogP contribution in [0.2, 0.25) is 0 Å². The summed E-state index contributed by atoms with van der Waals surface area (Å²) in [5, 5.41) is 11.9. The van der Waals surface area contributed by atoms with Gasteiger partial charge in [-0.3, -0.25) is 4.79 Å². The highest BCUT2D eigenvalue weighted by Gasteiger charge is 2.50. The molecule has 2 aliphatic carbocycles. The number of morpholine rings is 1. The predicted molar refractivity (Wildman–Crippen MR) is 157 cm³/mol.